The Morgan fingerprint density at radius 1 is 1.12 bits per heavy atom. The predicted octanol–water partition coefficient (Wildman–Crippen LogP) is 1.86. The monoisotopic (exact) mass is 363 g/mol. The van der Waals surface area contributed by atoms with Gasteiger partial charge in [0.05, 0.1) is 12.5 Å². The van der Waals surface area contributed by atoms with E-state index in [-0.39, 0.29) is 12.3 Å². The summed E-state index contributed by atoms with van der Waals surface area (Å²) in [5.41, 5.74) is 6.40. The molecule has 0 saturated carbocycles. The van der Waals surface area contributed by atoms with Crippen LogP contribution in [0.3, 0.4) is 0 Å². The Labute approximate surface area is 156 Å². The molecule has 5 N–H and O–H groups in total. The molecule has 0 aliphatic carbocycles. The Balaban J connectivity index is 2.38. The molecule has 0 aliphatic heterocycles. The second-order valence-corrected chi connectivity index (χ2v) is 6.64. The molecule has 0 fully saturated rings. The van der Waals surface area contributed by atoms with Crippen LogP contribution in [0.1, 0.15) is 57.4 Å². The molecule has 1 aromatic carbocycles. The molecule has 0 heterocycles. The minimum Gasteiger partial charge on any atom is -0.376 e. The summed E-state index contributed by atoms with van der Waals surface area (Å²) in [6.45, 7) is 2.68. The van der Waals surface area contributed by atoms with Gasteiger partial charge in [-0.15, -0.1) is 0 Å². The number of nitrogens with one attached hydrogen (secondary N) is 2. The molecule has 0 aromatic heterocycles. The minimum atomic E-state index is -1.02. The number of hydrogen-bond donors (Lipinski definition) is 4. The summed E-state index contributed by atoms with van der Waals surface area (Å²) in [5, 5.41) is 16.0. The van der Waals surface area contributed by atoms with Crippen LogP contribution in [0, 0.1) is 0 Å². The first-order valence-corrected chi connectivity index (χ1v) is 9.56. The maximum atomic E-state index is 12.1. The minimum absolute atomic E-state index is 0.0962. The zero-order chi connectivity index (χ0) is 19.2. The number of carbonyl (C=O) groups is 2. The van der Waals surface area contributed by atoms with E-state index in [1.165, 1.54) is 6.42 Å². The number of nitrogens with two attached hydrogens (primary N) is 1. The third-order valence-electron chi connectivity index (χ3n) is 4.27. The smallest absolute Gasteiger partial charge is 0.220 e. The van der Waals surface area contributed by atoms with Gasteiger partial charge in [0.25, 0.3) is 0 Å². The normalized spacial score (nSPS) is 13.2. The van der Waals surface area contributed by atoms with Gasteiger partial charge >= 0.3 is 0 Å². The van der Waals surface area contributed by atoms with Gasteiger partial charge in [-0.2, -0.15) is 0 Å². The van der Waals surface area contributed by atoms with Crippen LogP contribution in [-0.4, -0.2) is 35.7 Å². The van der Waals surface area contributed by atoms with Crippen molar-refractivity contribution in [2.75, 3.05) is 6.54 Å². The fourth-order valence-corrected chi connectivity index (χ4v) is 2.78. The lowest BCUT2D eigenvalue weighted by Gasteiger charge is -2.24. The van der Waals surface area contributed by atoms with E-state index < -0.39 is 18.2 Å². The molecule has 0 unspecified atom stereocenters. The van der Waals surface area contributed by atoms with Crippen LogP contribution >= 0.6 is 0 Å². The molecule has 0 aliphatic rings. The lowest BCUT2D eigenvalue weighted by molar-refractivity contribution is -0.124. The van der Waals surface area contributed by atoms with Crippen LogP contribution in [0.2, 0.25) is 0 Å². The highest BCUT2D eigenvalue weighted by molar-refractivity contribution is 5.78. The van der Waals surface area contributed by atoms with Crippen molar-refractivity contribution >= 4 is 11.8 Å². The number of unbranched alkanes of at least 4 members (excludes halogenated alkanes) is 4. The van der Waals surface area contributed by atoms with E-state index in [4.69, 9.17) is 5.73 Å². The van der Waals surface area contributed by atoms with Gasteiger partial charge in [-0.3, -0.25) is 14.9 Å². The second-order valence-electron chi connectivity index (χ2n) is 6.64. The van der Waals surface area contributed by atoms with Gasteiger partial charge in [-0.25, -0.2) is 0 Å². The van der Waals surface area contributed by atoms with Gasteiger partial charge in [0.1, 0.15) is 6.23 Å². The summed E-state index contributed by atoms with van der Waals surface area (Å²) in [5.74, 6) is -0.709. The van der Waals surface area contributed by atoms with Gasteiger partial charge in [0.2, 0.25) is 11.8 Å². The zero-order valence-corrected chi connectivity index (χ0v) is 15.7. The van der Waals surface area contributed by atoms with Crippen molar-refractivity contribution in [1.29, 1.82) is 0 Å². The molecule has 2 atom stereocenters. The van der Waals surface area contributed by atoms with Crippen LogP contribution in [0.5, 0.6) is 0 Å². The van der Waals surface area contributed by atoms with E-state index >= 15 is 0 Å². The first kappa shape index (κ1) is 22.1. The Hall–Kier alpha value is -1.92. The number of rotatable bonds is 14. The maximum absolute atomic E-state index is 12.1. The van der Waals surface area contributed by atoms with Crippen LogP contribution in [0.15, 0.2) is 30.3 Å². The van der Waals surface area contributed by atoms with Crippen molar-refractivity contribution in [3.8, 4) is 0 Å². The quantitative estimate of drug-likeness (QED) is 0.299. The Morgan fingerprint density at radius 3 is 2.46 bits per heavy atom. The number of carbonyl (C=O) groups excluding carboxylic acids is 2. The highest BCUT2D eigenvalue weighted by atomic mass is 16.3. The van der Waals surface area contributed by atoms with Crippen molar-refractivity contribution in [3.05, 3.63) is 35.9 Å². The van der Waals surface area contributed by atoms with E-state index in [2.05, 4.69) is 17.6 Å². The molecule has 2 amide bonds. The van der Waals surface area contributed by atoms with Crippen LogP contribution in [-0.2, 0) is 16.0 Å². The van der Waals surface area contributed by atoms with Gasteiger partial charge in [-0.1, -0.05) is 62.9 Å². The van der Waals surface area contributed by atoms with E-state index in [0.29, 0.717) is 13.0 Å². The predicted molar refractivity (Wildman–Crippen MR) is 103 cm³/mol. The summed E-state index contributed by atoms with van der Waals surface area (Å²) in [6.07, 6.45) is 5.31. The molecule has 6 heteroatoms. The van der Waals surface area contributed by atoms with Gasteiger partial charge in [0, 0.05) is 13.0 Å². The first-order valence-electron chi connectivity index (χ1n) is 9.56. The van der Waals surface area contributed by atoms with E-state index in [1.807, 2.05) is 30.3 Å². The lowest BCUT2D eigenvalue weighted by atomic mass is 10.1. The Bertz CT molecular complexity index is 522. The SMILES string of the molecule is CCCCCCCC(=O)N[C@H](CC(N)=O)[C@@H](O)NCCc1ccccc1. The first-order chi connectivity index (χ1) is 12.5. The van der Waals surface area contributed by atoms with E-state index in [1.54, 1.807) is 0 Å². The fraction of sp³-hybridized carbons (Fsp3) is 0.600. The standard InChI is InChI=1S/C20H33N3O3/c1-2-3-4-5-9-12-19(25)23-17(15-18(21)24)20(26)22-14-13-16-10-7-6-8-11-16/h6-8,10-11,17,20,22,26H,2-5,9,12-15H2,1H3,(H2,21,24)(H,23,25)/t17-,20-/m1/s1. The summed E-state index contributed by atoms with van der Waals surface area (Å²) in [7, 11) is 0. The van der Waals surface area contributed by atoms with Crippen molar-refractivity contribution in [2.45, 2.75) is 70.6 Å². The summed E-state index contributed by atoms with van der Waals surface area (Å²) in [6, 6.07) is 9.17. The molecule has 0 radical (unpaired) electrons. The highest BCUT2D eigenvalue weighted by Crippen LogP contribution is 2.06. The van der Waals surface area contributed by atoms with E-state index in [9.17, 15) is 14.7 Å². The third kappa shape index (κ3) is 10.2. The van der Waals surface area contributed by atoms with Gasteiger partial charge in [-0.05, 0) is 18.4 Å². The zero-order valence-electron chi connectivity index (χ0n) is 15.7. The van der Waals surface area contributed by atoms with Crippen molar-refractivity contribution in [3.63, 3.8) is 0 Å². The van der Waals surface area contributed by atoms with Crippen molar-refractivity contribution < 1.29 is 14.7 Å². The lowest BCUT2D eigenvalue weighted by Crippen LogP contribution is -2.52. The fourth-order valence-electron chi connectivity index (χ4n) is 2.78. The molecule has 1 aromatic rings. The van der Waals surface area contributed by atoms with Gasteiger partial charge in [0.15, 0.2) is 0 Å². The number of benzene rings is 1. The Kier molecular flexibility index (Phi) is 11.3. The molecule has 0 spiro atoms. The topological polar surface area (TPSA) is 104 Å². The van der Waals surface area contributed by atoms with Crippen LogP contribution < -0.4 is 16.4 Å². The molecule has 6 nitrogen and oxygen atoms in total. The second kappa shape index (κ2) is 13.3. The maximum Gasteiger partial charge on any atom is 0.220 e. The summed E-state index contributed by atoms with van der Waals surface area (Å²) in [4.78, 5) is 23.3. The highest BCUT2D eigenvalue weighted by Gasteiger charge is 2.22. The molecular weight excluding hydrogens is 330 g/mol. The van der Waals surface area contributed by atoms with Crippen molar-refractivity contribution in [2.24, 2.45) is 5.73 Å². The van der Waals surface area contributed by atoms with Crippen LogP contribution in [0.25, 0.3) is 0 Å². The van der Waals surface area contributed by atoms with Crippen LogP contribution in [0.4, 0.5) is 0 Å². The number of aliphatic hydroxyl groups excluding tert-OH is 1. The third-order valence-corrected chi connectivity index (χ3v) is 4.27. The molecular formula is C20H33N3O3. The number of hydrogen-bond acceptors (Lipinski definition) is 4. The Morgan fingerprint density at radius 2 is 1.81 bits per heavy atom. The van der Waals surface area contributed by atoms with Gasteiger partial charge < -0.3 is 16.2 Å². The summed E-state index contributed by atoms with van der Waals surface area (Å²) < 4.78 is 0. The molecule has 146 valence electrons. The molecule has 0 saturated heterocycles. The summed E-state index contributed by atoms with van der Waals surface area (Å²) >= 11 is 0. The average molecular weight is 364 g/mol. The molecule has 26 heavy (non-hydrogen) atoms. The number of aliphatic hydroxyl groups is 1. The number of primary amides is 1. The number of amides is 2. The largest absolute Gasteiger partial charge is 0.376 e. The average Bonchev–Trinajstić information content (AvgIpc) is 2.61. The molecule has 1 rings (SSSR count). The molecule has 0 bridgehead atoms. The van der Waals surface area contributed by atoms with E-state index in [0.717, 1.165) is 37.7 Å². The van der Waals surface area contributed by atoms with Crippen molar-refractivity contribution in [1.82, 2.24) is 10.6 Å².